The highest BCUT2D eigenvalue weighted by Crippen LogP contribution is 2.21. The van der Waals surface area contributed by atoms with Crippen LogP contribution >= 0.6 is 0 Å². The van der Waals surface area contributed by atoms with E-state index in [0.29, 0.717) is 26.2 Å². The molecule has 0 radical (unpaired) electrons. The zero-order chi connectivity index (χ0) is 24.1. The molecule has 0 saturated carbocycles. The number of rotatable bonds is 7. The van der Waals surface area contributed by atoms with Crippen LogP contribution in [0.5, 0.6) is 0 Å². The summed E-state index contributed by atoms with van der Waals surface area (Å²) in [5.74, 6) is -0.648. The first-order valence-electron chi connectivity index (χ1n) is 11.1. The van der Waals surface area contributed by atoms with Crippen molar-refractivity contribution in [2.75, 3.05) is 37.7 Å². The summed E-state index contributed by atoms with van der Waals surface area (Å²) < 4.78 is 0. The highest BCUT2D eigenvalue weighted by molar-refractivity contribution is 5.90. The van der Waals surface area contributed by atoms with Gasteiger partial charge in [-0.2, -0.15) is 0 Å². The van der Waals surface area contributed by atoms with Gasteiger partial charge in [0, 0.05) is 44.0 Å². The molecule has 1 aliphatic heterocycles. The lowest BCUT2D eigenvalue weighted by Crippen LogP contribution is -2.56. The Bertz CT molecular complexity index is 1190. The van der Waals surface area contributed by atoms with E-state index in [1.807, 2.05) is 47.4 Å². The molecule has 9 nitrogen and oxygen atoms in total. The van der Waals surface area contributed by atoms with E-state index in [2.05, 4.69) is 5.32 Å². The van der Waals surface area contributed by atoms with E-state index in [9.17, 15) is 24.8 Å². The number of carbonyl (C=O) groups is 2. The van der Waals surface area contributed by atoms with Crippen LogP contribution in [0.3, 0.4) is 0 Å². The number of nitro groups is 1. The number of anilines is 1. The Kier molecular flexibility index (Phi) is 7.03. The first-order chi connectivity index (χ1) is 16.4. The SMILES string of the molecule is O=C(Cc1ccc2ccccc2c1)NC(CO)C(=O)N1CCN(c2ccc([N+](=O)[O-])cc2)CC1. The highest BCUT2D eigenvalue weighted by atomic mass is 16.6. The van der Waals surface area contributed by atoms with E-state index in [0.717, 1.165) is 22.0 Å². The molecular weight excluding hydrogens is 436 g/mol. The predicted octanol–water partition coefficient (Wildman–Crippen LogP) is 2.12. The third-order valence-corrected chi connectivity index (χ3v) is 6.01. The van der Waals surface area contributed by atoms with Gasteiger partial charge < -0.3 is 20.2 Å². The summed E-state index contributed by atoms with van der Waals surface area (Å²) in [6.45, 7) is 1.46. The van der Waals surface area contributed by atoms with Crippen molar-refractivity contribution in [1.82, 2.24) is 10.2 Å². The molecular formula is C25H26N4O5. The minimum atomic E-state index is -1.00. The Labute approximate surface area is 196 Å². The van der Waals surface area contributed by atoms with Crippen molar-refractivity contribution in [3.63, 3.8) is 0 Å². The summed E-state index contributed by atoms with van der Waals surface area (Å²) in [5, 5.41) is 25.4. The standard InChI is InChI=1S/C25H26N4O5/c30-17-23(26-24(31)16-18-5-6-19-3-1-2-4-20(19)15-18)25(32)28-13-11-27(12-14-28)21-7-9-22(10-8-21)29(33)34/h1-10,15,23,30H,11-14,16-17H2,(H,26,31). The monoisotopic (exact) mass is 462 g/mol. The minimum Gasteiger partial charge on any atom is -0.394 e. The van der Waals surface area contributed by atoms with Gasteiger partial charge in [-0.15, -0.1) is 0 Å². The number of nitrogens with zero attached hydrogens (tertiary/aromatic N) is 3. The molecule has 0 bridgehead atoms. The van der Waals surface area contributed by atoms with E-state index in [-0.39, 0.29) is 23.9 Å². The topological polar surface area (TPSA) is 116 Å². The number of amides is 2. The lowest BCUT2D eigenvalue weighted by molar-refractivity contribution is -0.384. The molecule has 3 aromatic rings. The zero-order valence-corrected chi connectivity index (χ0v) is 18.6. The third-order valence-electron chi connectivity index (χ3n) is 6.01. The molecule has 0 aromatic heterocycles. The number of carbonyl (C=O) groups excluding carboxylic acids is 2. The lowest BCUT2D eigenvalue weighted by Gasteiger charge is -2.37. The summed E-state index contributed by atoms with van der Waals surface area (Å²) in [4.78, 5) is 39.5. The summed E-state index contributed by atoms with van der Waals surface area (Å²) in [6.07, 6.45) is 0.114. The Morgan fingerprint density at radius 3 is 2.29 bits per heavy atom. The molecule has 1 heterocycles. The Morgan fingerprint density at radius 1 is 0.971 bits per heavy atom. The quantitative estimate of drug-likeness (QED) is 0.410. The van der Waals surface area contributed by atoms with Crippen LogP contribution in [0.2, 0.25) is 0 Å². The fourth-order valence-electron chi connectivity index (χ4n) is 4.16. The number of benzene rings is 3. The van der Waals surface area contributed by atoms with E-state index in [1.165, 1.54) is 12.1 Å². The van der Waals surface area contributed by atoms with Crippen molar-refractivity contribution < 1.29 is 19.6 Å². The van der Waals surface area contributed by atoms with Gasteiger partial charge in [0.2, 0.25) is 11.8 Å². The number of aliphatic hydroxyl groups excluding tert-OH is 1. The van der Waals surface area contributed by atoms with Gasteiger partial charge in [0.05, 0.1) is 18.0 Å². The van der Waals surface area contributed by atoms with Gasteiger partial charge in [-0.25, -0.2) is 0 Å². The second kappa shape index (κ2) is 10.3. The van der Waals surface area contributed by atoms with Crippen LogP contribution in [-0.4, -0.2) is 65.6 Å². The summed E-state index contributed by atoms with van der Waals surface area (Å²) in [7, 11) is 0. The van der Waals surface area contributed by atoms with E-state index in [4.69, 9.17) is 0 Å². The number of piperazine rings is 1. The normalized spacial score (nSPS) is 14.6. The molecule has 0 spiro atoms. The molecule has 4 rings (SSSR count). The van der Waals surface area contributed by atoms with Crippen molar-refractivity contribution >= 4 is 34.0 Å². The Hall–Kier alpha value is -3.98. The first kappa shape index (κ1) is 23.2. The van der Waals surface area contributed by atoms with Crippen LogP contribution in [0.4, 0.5) is 11.4 Å². The average Bonchev–Trinajstić information content (AvgIpc) is 2.87. The van der Waals surface area contributed by atoms with Crippen LogP contribution in [0.25, 0.3) is 10.8 Å². The fraction of sp³-hybridized carbons (Fsp3) is 0.280. The van der Waals surface area contributed by atoms with E-state index in [1.54, 1.807) is 17.0 Å². The van der Waals surface area contributed by atoms with Gasteiger partial charge in [-0.3, -0.25) is 19.7 Å². The number of aliphatic hydroxyl groups is 1. The first-order valence-corrected chi connectivity index (χ1v) is 11.1. The van der Waals surface area contributed by atoms with Crippen molar-refractivity contribution in [3.05, 3.63) is 82.4 Å². The minimum absolute atomic E-state index is 0.0304. The molecule has 2 N–H and O–H groups in total. The number of nitro benzene ring substituents is 1. The van der Waals surface area contributed by atoms with Gasteiger partial charge in [-0.05, 0) is 28.5 Å². The van der Waals surface area contributed by atoms with Crippen LogP contribution in [0.15, 0.2) is 66.7 Å². The van der Waals surface area contributed by atoms with Gasteiger partial charge in [-0.1, -0.05) is 42.5 Å². The molecule has 2 amide bonds. The predicted molar refractivity (Wildman–Crippen MR) is 129 cm³/mol. The van der Waals surface area contributed by atoms with Gasteiger partial charge in [0.25, 0.3) is 5.69 Å². The van der Waals surface area contributed by atoms with Gasteiger partial charge >= 0.3 is 0 Å². The third kappa shape index (κ3) is 5.32. The molecule has 9 heteroatoms. The molecule has 1 saturated heterocycles. The van der Waals surface area contributed by atoms with E-state index >= 15 is 0 Å². The van der Waals surface area contributed by atoms with Crippen LogP contribution < -0.4 is 10.2 Å². The molecule has 1 aliphatic rings. The van der Waals surface area contributed by atoms with Gasteiger partial charge in [0.15, 0.2) is 0 Å². The Morgan fingerprint density at radius 2 is 1.65 bits per heavy atom. The second-order valence-corrected chi connectivity index (χ2v) is 8.25. The number of hydrogen-bond acceptors (Lipinski definition) is 6. The molecule has 3 aromatic carbocycles. The Balaban J connectivity index is 1.31. The summed E-state index contributed by atoms with van der Waals surface area (Å²) >= 11 is 0. The van der Waals surface area contributed by atoms with Crippen molar-refractivity contribution in [1.29, 1.82) is 0 Å². The average molecular weight is 463 g/mol. The zero-order valence-electron chi connectivity index (χ0n) is 18.6. The highest BCUT2D eigenvalue weighted by Gasteiger charge is 2.28. The molecule has 1 unspecified atom stereocenters. The van der Waals surface area contributed by atoms with Crippen LogP contribution in [0.1, 0.15) is 5.56 Å². The summed E-state index contributed by atoms with van der Waals surface area (Å²) in [6, 6.07) is 19.0. The largest absolute Gasteiger partial charge is 0.394 e. The molecule has 1 fully saturated rings. The van der Waals surface area contributed by atoms with Gasteiger partial charge in [0.1, 0.15) is 6.04 Å². The number of fused-ring (bicyclic) bond motifs is 1. The van der Waals surface area contributed by atoms with Crippen LogP contribution in [0, 0.1) is 10.1 Å². The van der Waals surface area contributed by atoms with Crippen molar-refractivity contribution in [3.8, 4) is 0 Å². The van der Waals surface area contributed by atoms with Crippen molar-refractivity contribution in [2.24, 2.45) is 0 Å². The molecule has 0 aliphatic carbocycles. The molecule has 176 valence electrons. The maximum absolute atomic E-state index is 12.9. The fourth-order valence-corrected chi connectivity index (χ4v) is 4.16. The summed E-state index contributed by atoms with van der Waals surface area (Å²) in [5.41, 5.74) is 1.71. The maximum atomic E-state index is 12.9. The smallest absolute Gasteiger partial charge is 0.269 e. The maximum Gasteiger partial charge on any atom is 0.269 e. The number of hydrogen-bond donors (Lipinski definition) is 2. The van der Waals surface area contributed by atoms with Crippen molar-refractivity contribution in [2.45, 2.75) is 12.5 Å². The number of nitrogens with one attached hydrogen (secondary N) is 1. The van der Waals surface area contributed by atoms with E-state index < -0.39 is 17.6 Å². The molecule has 34 heavy (non-hydrogen) atoms. The number of non-ortho nitro benzene ring substituents is 1. The lowest BCUT2D eigenvalue weighted by atomic mass is 10.0. The second-order valence-electron chi connectivity index (χ2n) is 8.25. The van der Waals surface area contributed by atoms with Crippen LogP contribution in [-0.2, 0) is 16.0 Å². The molecule has 1 atom stereocenters.